The zero-order valence-electron chi connectivity index (χ0n) is 21.8. The molecule has 1 aromatic carbocycles. The van der Waals surface area contributed by atoms with Crippen LogP contribution < -0.4 is 5.73 Å². The molecule has 2 aliphatic heterocycles. The molecule has 3 aromatic rings. The quantitative estimate of drug-likeness (QED) is 0.536. The molecule has 196 valence electrons. The summed E-state index contributed by atoms with van der Waals surface area (Å²) < 4.78 is 20.8. The van der Waals surface area contributed by atoms with Crippen molar-refractivity contribution in [3.05, 3.63) is 76.5 Å². The summed E-state index contributed by atoms with van der Waals surface area (Å²) in [7, 11) is 0. The normalized spacial score (nSPS) is 16.7. The van der Waals surface area contributed by atoms with Crippen LogP contribution in [0.1, 0.15) is 45.7 Å². The maximum Gasteiger partial charge on any atom is 0.256 e. The van der Waals surface area contributed by atoms with Crippen molar-refractivity contribution in [1.82, 2.24) is 19.8 Å². The van der Waals surface area contributed by atoms with Crippen LogP contribution in [0.15, 0.2) is 42.6 Å². The van der Waals surface area contributed by atoms with Crippen molar-refractivity contribution in [2.24, 2.45) is 0 Å². The largest absolute Gasteiger partial charge is 0.384 e. The van der Waals surface area contributed by atoms with Gasteiger partial charge in [0.05, 0.1) is 22.5 Å². The van der Waals surface area contributed by atoms with Gasteiger partial charge in [0.2, 0.25) is 0 Å². The summed E-state index contributed by atoms with van der Waals surface area (Å²) in [6.07, 6.45) is 3.74. The molecular formula is C30H32FN5O2. The Labute approximate surface area is 222 Å². The molecule has 1 amide bonds. The van der Waals surface area contributed by atoms with Crippen LogP contribution in [0.2, 0.25) is 0 Å². The Balaban J connectivity index is 1.34. The fourth-order valence-electron chi connectivity index (χ4n) is 5.17. The summed E-state index contributed by atoms with van der Waals surface area (Å²) in [5.74, 6) is 5.98. The van der Waals surface area contributed by atoms with E-state index in [1.54, 1.807) is 29.3 Å². The fourth-order valence-corrected chi connectivity index (χ4v) is 5.17. The van der Waals surface area contributed by atoms with E-state index >= 15 is 4.39 Å². The van der Waals surface area contributed by atoms with E-state index in [2.05, 4.69) is 26.7 Å². The molecule has 0 radical (unpaired) electrons. The average molecular weight is 514 g/mol. The highest BCUT2D eigenvalue weighted by Gasteiger charge is 2.28. The molecule has 0 saturated carbocycles. The lowest BCUT2D eigenvalue weighted by Gasteiger charge is -2.40. The second-order valence-corrected chi connectivity index (χ2v) is 9.80. The minimum absolute atomic E-state index is 0.0928. The second-order valence-electron chi connectivity index (χ2n) is 9.80. The Morgan fingerprint density at radius 3 is 2.50 bits per heavy atom. The van der Waals surface area contributed by atoms with Gasteiger partial charge in [-0.15, -0.1) is 0 Å². The Morgan fingerprint density at radius 1 is 1.03 bits per heavy atom. The van der Waals surface area contributed by atoms with Gasteiger partial charge >= 0.3 is 0 Å². The average Bonchev–Trinajstić information content (AvgIpc) is 2.93. The molecule has 4 heterocycles. The number of halogens is 1. The van der Waals surface area contributed by atoms with Gasteiger partial charge in [-0.2, -0.15) is 0 Å². The summed E-state index contributed by atoms with van der Waals surface area (Å²) in [4.78, 5) is 26.0. The molecule has 2 aromatic heterocycles. The van der Waals surface area contributed by atoms with Gasteiger partial charge in [0.15, 0.2) is 0 Å². The summed E-state index contributed by atoms with van der Waals surface area (Å²) in [6.45, 7) is 8.12. The highest BCUT2D eigenvalue weighted by atomic mass is 19.1. The van der Waals surface area contributed by atoms with Gasteiger partial charge in [0.25, 0.3) is 5.91 Å². The number of aryl methyl sites for hydroxylation is 2. The maximum absolute atomic E-state index is 15.3. The van der Waals surface area contributed by atoms with Crippen molar-refractivity contribution in [3.8, 4) is 23.0 Å². The molecule has 38 heavy (non-hydrogen) atoms. The number of rotatable bonds is 3. The summed E-state index contributed by atoms with van der Waals surface area (Å²) in [5, 5.41) is 0. The van der Waals surface area contributed by atoms with Crippen molar-refractivity contribution in [2.75, 3.05) is 45.1 Å². The molecule has 0 bridgehead atoms. The first-order valence-electron chi connectivity index (χ1n) is 13.0. The van der Waals surface area contributed by atoms with Gasteiger partial charge in [-0.25, -0.2) is 9.37 Å². The van der Waals surface area contributed by atoms with Crippen LogP contribution in [-0.4, -0.2) is 71.1 Å². The molecule has 2 N–H and O–H groups in total. The number of hydrogen-bond acceptors (Lipinski definition) is 6. The number of pyridine rings is 2. The highest BCUT2D eigenvalue weighted by molar-refractivity contribution is 5.95. The number of anilines is 1. The van der Waals surface area contributed by atoms with Crippen LogP contribution >= 0.6 is 0 Å². The number of aromatic nitrogens is 2. The van der Waals surface area contributed by atoms with E-state index in [1.807, 2.05) is 26.0 Å². The highest BCUT2D eigenvalue weighted by Crippen LogP contribution is 2.27. The van der Waals surface area contributed by atoms with Gasteiger partial charge < -0.3 is 15.4 Å². The smallest absolute Gasteiger partial charge is 0.256 e. The Bertz CT molecular complexity index is 1400. The lowest BCUT2D eigenvalue weighted by atomic mass is 9.97. The molecule has 0 spiro atoms. The number of carbonyl (C=O) groups excluding carboxylic acids is 1. The number of ether oxygens (including phenoxy) is 1. The molecular weight excluding hydrogens is 481 g/mol. The monoisotopic (exact) mass is 513 g/mol. The maximum atomic E-state index is 15.3. The van der Waals surface area contributed by atoms with Crippen molar-refractivity contribution in [1.29, 1.82) is 0 Å². The first-order chi connectivity index (χ1) is 18.4. The third kappa shape index (κ3) is 5.54. The van der Waals surface area contributed by atoms with Crippen LogP contribution in [0.4, 0.5) is 10.2 Å². The van der Waals surface area contributed by atoms with E-state index in [0.29, 0.717) is 36.1 Å². The summed E-state index contributed by atoms with van der Waals surface area (Å²) in [6, 6.07) is 10.7. The van der Waals surface area contributed by atoms with Gasteiger partial charge in [-0.3, -0.25) is 14.7 Å². The van der Waals surface area contributed by atoms with Crippen LogP contribution in [0, 0.1) is 31.5 Å². The van der Waals surface area contributed by atoms with Crippen molar-refractivity contribution in [2.45, 2.75) is 32.7 Å². The van der Waals surface area contributed by atoms with E-state index < -0.39 is 5.82 Å². The van der Waals surface area contributed by atoms with E-state index in [1.165, 1.54) is 6.07 Å². The van der Waals surface area contributed by atoms with Crippen LogP contribution in [0.5, 0.6) is 0 Å². The SMILES string of the molecule is Cc1nc(N)ccc1C#Cc1c(-c2ccc(C(=O)N3CCN(C4CCOCC4)CC3)c(F)c2)ccnc1C. The molecule has 5 rings (SSSR count). The molecule has 7 nitrogen and oxygen atoms in total. The Morgan fingerprint density at radius 2 is 1.79 bits per heavy atom. The van der Waals surface area contributed by atoms with Gasteiger partial charge in [0.1, 0.15) is 11.6 Å². The Kier molecular flexibility index (Phi) is 7.68. The first kappa shape index (κ1) is 25.8. The van der Waals surface area contributed by atoms with E-state index in [9.17, 15) is 4.79 Å². The number of carbonyl (C=O) groups is 1. The number of benzene rings is 1. The van der Waals surface area contributed by atoms with Crippen LogP contribution in [-0.2, 0) is 4.74 Å². The molecule has 2 saturated heterocycles. The zero-order chi connectivity index (χ0) is 26.6. The zero-order valence-corrected chi connectivity index (χ0v) is 21.8. The first-order valence-corrected chi connectivity index (χ1v) is 13.0. The summed E-state index contributed by atoms with van der Waals surface area (Å²) >= 11 is 0. The number of hydrogen-bond donors (Lipinski definition) is 1. The molecule has 2 aliphatic rings. The van der Waals surface area contributed by atoms with Crippen LogP contribution in [0.25, 0.3) is 11.1 Å². The topological polar surface area (TPSA) is 84.6 Å². The van der Waals surface area contributed by atoms with Crippen molar-refractivity contribution >= 4 is 11.7 Å². The standard InChI is InChI=1S/C30H32FN5O2/c1-20-22(5-8-29(32)34-20)3-6-25-21(2)33-12-9-26(25)23-4-7-27(28(31)19-23)30(37)36-15-13-35(14-16-36)24-10-17-38-18-11-24/h4-5,7-9,12,19,24H,10-11,13-18H2,1-2H3,(H2,32,34). The van der Waals surface area contributed by atoms with E-state index in [4.69, 9.17) is 10.5 Å². The number of nitrogens with two attached hydrogens (primary N) is 1. The van der Waals surface area contributed by atoms with Gasteiger partial charge in [-0.1, -0.05) is 17.9 Å². The number of nitrogen functional groups attached to an aromatic ring is 1. The fraction of sp³-hybridized carbons (Fsp3) is 0.367. The minimum atomic E-state index is -0.536. The predicted octanol–water partition coefficient (Wildman–Crippen LogP) is 3.82. The van der Waals surface area contributed by atoms with E-state index in [0.717, 1.165) is 61.7 Å². The predicted molar refractivity (Wildman–Crippen MR) is 145 cm³/mol. The number of piperazine rings is 1. The number of amides is 1. The summed E-state index contributed by atoms with van der Waals surface area (Å²) in [5.41, 5.74) is 10.2. The van der Waals surface area contributed by atoms with Crippen molar-refractivity contribution < 1.29 is 13.9 Å². The third-order valence-electron chi connectivity index (χ3n) is 7.39. The second kappa shape index (κ2) is 11.3. The Hall–Kier alpha value is -3.80. The third-order valence-corrected chi connectivity index (χ3v) is 7.39. The molecule has 0 aliphatic carbocycles. The van der Waals surface area contributed by atoms with E-state index in [-0.39, 0.29) is 11.5 Å². The van der Waals surface area contributed by atoms with Crippen molar-refractivity contribution in [3.63, 3.8) is 0 Å². The number of nitrogens with zero attached hydrogens (tertiary/aromatic N) is 4. The molecule has 0 atom stereocenters. The van der Waals surface area contributed by atoms with Gasteiger partial charge in [0, 0.05) is 62.8 Å². The minimum Gasteiger partial charge on any atom is -0.384 e. The lowest BCUT2D eigenvalue weighted by molar-refractivity contribution is 0.0136. The lowest BCUT2D eigenvalue weighted by Crippen LogP contribution is -2.53. The molecule has 2 fully saturated rings. The molecule has 0 unspecified atom stereocenters. The van der Waals surface area contributed by atoms with Crippen LogP contribution in [0.3, 0.4) is 0 Å². The van der Waals surface area contributed by atoms with Gasteiger partial charge in [-0.05, 0) is 62.6 Å². The molecule has 8 heteroatoms.